The molecule has 0 radical (unpaired) electrons. The van der Waals surface area contributed by atoms with Gasteiger partial charge in [-0.15, -0.1) is 0 Å². The average molecular weight is 1510 g/mol. The normalized spacial score (nSPS) is 19.7. The van der Waals surface area contributed by atoms with Crippen molar-refractivity contribution in [3.05, 3.63) is 324 Å². The molecule has 6 unspecified atom stereocenters. The van der Waals surface area contributed by atoms with E-state index in [0.717, 1.165) is 12.3 Å². The Morgan fingerprint density at radius 1 is 0.381 bits per heavy atom. The van der Waals surface area contributed by atoms with Crippen molar-refractivity contribution in [2.24, 2.45) is 46.3 Å². The Morgan fingerprint density at radius 3 is 1.06 bits per heavy atom. The second-order valence-electron chi connectivity index (χ2n) is 36.3. The van der Waals surface area contributed by atoms with Crippen molar-refractivity contribution in [3.63, 3.8) is 0 Å². The third kappa shape index (κ3) is 17.9. The monoisotopic (exact) mass is 1510 g/mol. The number of halogens is 2. The second-order valence-corrected chi connectivity index (χ2v) is 40.1. The predicted molar refractivity (Wildman–Crippen MR) is 461 cm³/mol. The minimum absolute atomic E-state index is 0. The van der Waals surface area contributed by atoms with E-state index in [2.05, 4.69) is 361 Å². The summed E-state index contributed by atoms with van der Waals surface area (Å²) < 4.78 is 0. The van der Waals surface area contributed by atoms with E-state index in [1.54, 1.807) is 5.56 Å². The summed E-state index contributed by atoms with van der Waals surface area (Å²) in [5, 5.41) is 0. The van der Waals surface area contributed by atoms with Gasteiger partial charge in [0.15, 0.2) is 0 Å². The average Bonchev–Trinajstić information content (AvgIpc) is 1.57. The molecule has 6 aliphatic rings. The number of benzene rings is 8. The molecule has 8 aromatic rings. The van der Waals surface area contributed by atoms with E-state index >= 15 is 0 Å². The molecule has 2 saturated carbocycles. The van der Waals surface area contributed by atoms with Crippen LogP contribution in [-0.4, -0.2) is 0 Å². The molecular weight excluding hydrogens is 1390 g/mol. The molecule has 6 aliphatic carbocycles. The molecule has 0 N–H and O–H groups in total. The second kappa shape index (κ2) is 33.7. The number of hydrogen-bond donors (Lipinski definition) is 0. The molecule has 0 amide bonds. The van der Waals surface area contributed by atoms with Crippen LogP contribution in [0.5, 0.6) is 0 Å². The zero-order valence-electron chi connectivity index (χ0n) is 66.0. The van der Waals surface area contributed by atoms with Crippen molar-refractivity contribution in [1.82, 2.24) is 0 Å². The van der Waals surface area contributed by atoms with E-state index in [0.29, 0.717) is 35.5 Å². The Balaban J connectivity index is 0.000000247. The maximum absolute atomic E-state index is 4.93. The summed E-state index contributed by atoms with van der Waals surface area (Å²) in [5.41, 5.74) is 30.0. The van der Waals surface area contributed by atoms with Gasteiger partial charge in [0.1, 0.15) is 0 Å². The first kappa shape index (κ1) is 84.3. The summed E-state index contributed by atoms with van der Waals surface area (Å²) in [6.07, 6.45) is 24.8. The van der Waals surface area contributed by atoms with E-state index in [1.165, 1.54) is 137 Å². The van der Waals surface area contributed by atoms with Gasteiger partial charge in [0.05, 0.1) is 0 Å². The Morgan fingerprint density at radius 2 is 0.733 bits per heavy atom. The van der Waals surface area contributed by atoms with Gasteiger partial charge in [-0.1, -0.05) is 365 Å². The standard InChI is InChI=1S/C49H60.C49H52.2CH4.2CH3.2ClH.Zr/c2*1-47(2,3)36-26-24-35(25-27-36)45(34-22-16-17-23-34)46-41-28-37(32-18-12-10-13-19-32)43(48(4,5)6)30-39(41)40-31-44(49(7,8)9)38(29-42(40)46)33-20-14-11-15-21-33;;;;;;;/h10-15,18-21,24-31,34,39-42,45-46H,16-17,22-23H2,1-9H3;10-16,18-31,45-46H,17H2,1-9H3;2*1H4;2*1H3;2*1H;/q;;;;2*-1;;;+4/p-2. The Kier molecular flexibility index (Phi) is 27.0. The summed E-state index contributed by atoms with van der Waals surface area (Å²) in [7, 11) is 9.87. The molecule has 2 fully saturated rings. The number of allylic oxidation sites excluding steroid dienone is 12. The fourth-order valence-corrected chi connectivity index (χ4v) is 18.3. The third-order valence-corrected chi connectivity index (χ3v) is 23.3. The number of rotatable bonds is 10. The SMILES string of the molecule is C.C.CC(C)(C)C1=CC2C3C=C(C(C)(C)C)C(c4ccccc4)=CC3C(C(c3ccc(C(C)(C)C)cc3)C3CCCC3)C2C=C1c1ccccc1.CC(C)(C)c1ccc(C(C2=CCC=C2)C2c3cc(-c4ccccc4)c(C(C)(C)C)cc3-c3cc(C(C)(C)C)c(-c4ccccc4)cc32)cc1.[CH3-].[CH3-].[Cl][Zr+2][Cl]. The minimum atomic E-state index is -0.826. The molecule has 8 aromatic carbocycles. The van der Waals surface area contributed by atoms with Crippen LogP contribution in [-0.2, 0) is 42.5 Å². The molecule has 0 saturated heterocycles. The molecule has 6 atom stereocenters. The fourth-order valence-electron chi connectivity index (χ4n) is 18.3. The molecule has 0 spiro atoms. The topological polar surface area (TPSA) is 0 Å². The molecule has 105 heavy (non-hydrogen) atoms. The van der Waals surface area contributed by atoms with Gasteiger partial charge in [-0.2, -0.15) is 0 Å². The number of hydrogen-bond acceptors (Lipinski definition) is 0. The van der Waals surface area contributed by atoms with Gasteiger partial charge in [-0.3, -0.25) is 0 Å². The summed E-state index contributed by atoms with van der Waals surface area (Å²) in [6, 6.07) is 74.5. The van der Waals surface area contributed by atoms with Crippen LogP contribution in [0.2, 0.25) is 0 Å². The molecule has 0 aliphatic heterocycles. The number of fused-ring (bicyclic) bond motifs is 6. The zero-order valence-corrected chi connectivity index (χ0v) is 70.0. The quantitative estimate of drug-likeness (QED) is 0.120. The molecule has 0 heterocycles. The molecule has 0 bridgehead atoms. The summed E-state index contributed by atoms with van der Waals surface area (Å²) in [4.78, 5) is 0. The van der Waals surface area contributed by atoms with Crippen molar-refractivity contribution in [1.29, 1.82) is 0 Å². The van der Waals surface area contributed by atoms with Gasteiger partial charge < -0.3 is 14.9 Å². The van der Waals surface area contributed by atoms with Crippen LogP contribution in [0.15, 0.2) is 253 Å². The molecule has 0 aromatic heterocycles. The third-order valence-electron chi connectivity index (χ3n) is 23.3. The summed E-state index contributed by atoms with van der Waals surface area (Å²) in [5.74, 6) is 4.10. The van der Waals surface area contributed by atoms with Crippen LogP contribution in [0.3, 0.4) is 0 Å². The fraction of sp³-hybridized carbons (Fsp3) is 0.392. The predicted octanol–water partition coefficient (Wildman–Crippen LogP) is 30.7. The van der Waals surface area contributed by atoms with Gasteiger partial charge in [-0.05, 0) is 234 Å². The first-order valence-electron chi connectivity index (χ1n) is 37.9. The van der Waals surface area contributed by atoms with Gasteiger partial charge in [0.25, 0.3) is 0 Å². The van der Waals surface area contributed by atoms with Gasteiger partial charge in [0, 0.05) is 11.8 Å². The van der Waals surface area contributed by atoms with Crippen molar-refractivity contribution < 1.29 is 20.8 Å². The Bertz CT molecular complexity index is 4210. The molecule has 552 valence electrons. The molecular formula is C102H126Cl2Zr. The summed E-state index contributed by atoms with van der Waals surface area (Å²) >= 11 is -0.826. The van der Waals surface area contributed by atoms with Gasteiger partial charge in [-0.25, -0.2) is 0 Å². The van der Waals surface area contributed by atoms with Crippen LogP contribution >= 0.6 is 17.0 Å². The zero-order chi connectivity index (χ0) is 72.1. The Labute approximate surface area is 658 Å². The molecule has 3 heteroatoms. The Hall–Kier alpha value is -6.34. The first-order valence-corrected chi connectivity index (χ1v) is 44.2. The van der Waals surface area contributed by atoms with Crippen molar-refractivity contribution in [2.75, 3.05) is 0 Å². The van der Waals surface area contributed by atoms with Crippen molar-refractivity contribution >= 4 is 28.2 Å². The van der Waals surface area contributed by atoms with Crippen molar-refractivity contribution in [2.45, 2.75) is 211 Å². The van der Waals surface area contributed by atoms with Crippen LogP contribution in [0, 0.1) is 61.2 Å². The molecule has 14 rings (SSSR count). The van der Waals surface area contributed by atoms with Crippen LogP contribution in [0.25, 0.3) is 44.5 Å². The van der Waals surface area contributed by atoms with E-state index in [1.807, 2.05) is 0 Å². The van der Waals surface area contributed by atoms with Gasteiger partial charge in [0.2, 0.25) is 0 Å². The van der Waals surface area contributed by atoms with E-state index in [-0.39, 0.29) is 74.0 Å². The van der Waals surface area contributed by atoms with Crippen LogP contribution in [0.4, 0.5) is 0 Å². The van der Waals surface area contributed by atoms with E-state index in [9.17, 15) is 0 Å². The first-order chi connectivity index (χ1) is 47.8. The van der Waals surface area contributed by atoms with Gasteiger partial charge >= 0.3 is 37.9 Å². The molecule has 0 nitrogen and oxygen atoms in total. The van der Waals surface area contributed by atoms with Crippen molar-refractivity contribution in [3.8, 4) is 33.4 Å². The van der Waals surface area contributed by atoms with E-state index in [4.69, 9.17) is 17.0 Å². The summed E-state index contributed by atoms with van der Waals surface area (Å²) in [6.45, 7) is 42.6. The van der Waals surface area contributed by atoms with Crippen LogP contribution < -0.4 is 0 Å². The van der Waals surface area contributed by atoms with Crippen LogP contribution in [0.1, 0.15) is 245 Å². The maximum atomic E-state index is 4.93. The van der Waals surface area contributed by atoms with E-state index < -0.39 is 20.8 Å².